The van der Waals surface area contributed by atoms with Crippen LogP contribution in [0.3, 0.4) is 0 Å². The van der Waals surface area contributed by atoms with Crippen molar-refractivity contribution in [2.75, 3.05) is 10.6 Å². The molecule has 1 aliphatic rings. The maximum absolute atomic E-state index is 14.3. The highest BCUT2D eigenvalue weighted by Gasteiger charge is 2.31. The molecule has 0 unspecified atom stereocenters. The summed E-state index contributed by atoms with van der Waals surface area (Å²) in [6.07, 6.45) is 2.06. The van der Waals surface area contributed by atoms with E-state index in [1.54, 1.807) is 11.3 Å². The molecule has 0 atom stereocenters. The molecule has 1 saturated carbocycles. The Morgan fingerprint density at radius 3 is 2.76 bits per heavy atom. The van der Waals surface area contributed by atoms with E-state index < -0.39 is 11.7 Å². The normalized spacial score (nSPS) is 14.1. The number of nitrogens with two attached hydrogens (primary N) is 2. The number of rotatable bonds is 5. The standard InChI is InChI=1S/C15H16FN3OS/c16-12-6-13(17)11(15(18)20)5-14(12)19(10-1-2-10)7-9-3-4-21-8-9/h3-6,8,10H,1-2,7,17H2,(H2,18,20). The van der Waals surface area contributed by atoms with Gasteiger partial charge in [0.15, 0.2) is 0 Å². The second-order valence-electron chi connectivity index (χ2n) is 5.25. The molecule has 2 aromatic rings. The smallest absolute Gasteiger partial charge is 0.250 e. The molecule has 4 nitrogen and oxygen atoms in total. The van der Waals surface area contributed by atoms with E-state index in [0.717, 1.165) is 18.4 Å². The molecule has 1 amide bonds. The third kappa shape index (κ3) is 2.85. The summed E-state index contributed by atoms with van der Waals surface area (Å²) in [6.45, 7) is 0.618. The third-order valence-electron chi connectivity index (χ3n) is 3.61. The Balaban J connectivity index is 1.99. The van der Waals surface area contributed by atoms with Crippen molar-refractivity contribution in [2.45, 2.75) is 25.4 Å². The molecule has 1 aromatic carbocycles. The van der Waals surface area contributed by atoms with Gasteiger partial charge in [0.1, 0.15) is 5.82 Å². The molecule has 0 radical (unpaired) electrons. The van der Waals surface area contributed by atoms with E-state index in [4.69, 9.17) is 11.5 Å². The summed E-state index contributed by atoms with van der Waals surface area (Å²) in [4.78, 5) is 13.4. The largest absolute Gasteiger partial charge is 0.398 e. The topological polar surface area (TPSA) is 72.4 Å². The number of primary amides is 1. The van der Waals surface area contributed by atoms with E-state index in [1.807, 2.05) is 21.7 Å². The lowest BCUT2D eigenvalue weighted by atomic mass is 10.1. The van der Waals surface area contributed by atoms with Crippen molar-refractivity contribution in [1.29, 1.82) is 0 Å². The van der Waals surface area contributed by atoms with Crippen LogP contribution in [-0.2, 0) is 6.54 Å². The molecule has 1 aliphatic carbocycles. The molecule has 1 fully saturated rings. The van der Waals surface area contributed by atoms with Gasteiger partial charge in [-0.15, -0.1) is 0 Å². The minimum atomic E-state index is -0.639. The van der Waals surface area contributed by atoms with Crippen molar-refractivity contribution in [2.24, 2.45) is 5.73 Å². The second-order valence-corrected chi connectivity index (χ2v) is 6.03. The van der Waals surface area contributed by atoms with Crippen molar-refractivity contribution in [3.8, 4) is 0 Å². The highest BCUT2D eigenvalue weighted by Crippen LogP contribution is 2.36. The summed E-state index contributed by atoms with van der Waals surface area (Å²) in [5.41, 5.74) is 12.7. The van der Waals surface area contributed by atoms with Crippen LogP contribution in [0, 0.1) is 5.82 Å². The zero-order chi connectivity index (χ0) is 15.0. The summed E-state index contributed by atoms with van der Waals surface area (Å²) in [6, 6.07) is 4.98. The van der Waals surface area contributed by atoms with Crippen LogP contribution in [0.1, 0.15) is 28.8 Å². The number of hydrogen-bond acceptors (Lipinski definition) is 4. The summed E-state index contributed by atoms with van der Waals surface area (Å²) < 4.78 is 14.3. The van der Waals surface area contributed by atoms with E-state index in [9.17, 15) is 9.18 Å². The number of carbonyl (C=O) groups excluding carboxylic acids is 1. The van der Waals surface area contributed by atoms with Gasteiger partial charge in [-0.3, -0.25) is 4.79 Å². The van der Waals surface area contributed by atoms with Crippen LogP contribution in [0.5, 0.6) is 0 Å². The fraction of sp³-hybridized carbons (Fsp3) is 0.267. The van der Waals surface area contributed by atoms with E-state index in [0.29, 0.717) is 18.3 Å². The third-order valence-corrected chi connectivity index (χ3v) is 4.35. The Hall–Kier alpha value is -2.08. The highest BCUT2D eigenvalue weighted by molar-refractivity contribution is 7.07. The van der Waals surface area contributed by atoms with Gasteiger partial charge < -0.3 is 16.4 Å². The number of benzene rings is 1. The molecule has 4 N–H and O–H groups in total. The first-order chi connectivity index (χ1) is 10.1. The maximum Gasteiger partial charge on any atom is 0.250 e. The van der Waals surface area contributed by atoms with Crippen molar-refractivity contribution >= 4 is 28.6 Å². The quantitative estimate of drug-likeness (QED) is 0.834. The summed E-state index contributed by atoms with van der Waals surface area (Å²) in [7, 11) is 0. The molecular weight excluding hydrogens is 289 g/mol. The Kier molecular flexibility index (Phi) is 3.55. The zero-order valence-corrected chi connectivity index (χ0v) is 12.2. The van der Waals surface area contributed by atoms with E-state index >= 15 is 0 Å². The zero-order valence-electron chi connectivity index (χ0n) is 11.4. The van der Waals surface area contributed by atoms with Crippen molar-refractivity contribution in [3.05, 3.63) is 45.9 Å². The molecule has 0 saturated heterocycles. The van der Waals surface area contributed by atoms with Gasteiger partial charge in [0.05, 0.1) is 11.3 Å². The SMILES string of the molecule is NC(=O)c1cc(N(Cc2ccsc2)C2CC2)c(F)cc1N. The number of anilines is 2. The fourth-order valence-corrected chi connectivity index (χ4v) is 3.05. The number of nitrogen functional groups attached to an aromatic ring is 1. The van der Waals surface area contributed by atoms with Crippen LogP contribution in [0.25, 0.3) is 0 Å². The monoisotopic (exact) mass is 305 g/mol. The predicted molar refractivity (Wildman–Crippen MR) is 82.9 cm³/mol. The van der Waals surface area contributed by atoms with E-state index in [-0.39, 0.29) is 11.3 Å². The average molecular weight is 305 g/mol. The molecule has 21 heavy (non-hydrogen) atoms. The van der Waals surface area contributed by atoms with Gasteiger partial charge in [0, 0.05) is 18.3 Å². The van der Waals surface area contributed by atoms with Crippen LogP contribution in [-0.4, -0.2) is 11.9 Å². The fourth-order valence-electron chi connectivity index (χ4n) is 2.39. The molecule has 1 heterocycles. The minimum absolute atomic E-state index is 0.0787. The van der Waals surface area contributed by atoms with Gasteiger partial charge in [0.2, 0.25) is 0 Å². The van der Waals surface area contributed by atoms with Crippen LogP contribution in [0.4, 0.5) is 15.8 Å². The van der Waals surface area contributed by atoms with Gasteiger partial charge in [-0.1, -0.05) is 0 Å². The predicted octanol–water partition coefficient (Wildman–Crippen LogP) is 2.74. The number of nitrogens with zero attached hydrogens (tertiary/aromatic N) is 1. The first-order valence-corrected chi connectivity index (χ1v) is 7.67. The Labute approximate surface area is 126 Å². The first kappa shape index (κ1) is 13.9. The van der Waals surface area contributed by atoms with E-state index in [1.165, 1.54) is 12.1 Å². The Morgan fingerprint density at radius 2 is 2.19 bits per heavy atom. The molecule has 1 aromatic heterocycles. The van der Waals surface area contributed by atoms with Gasteiger partial charge in [-0.25, -0.2) is 4.39 Å². The van der Waals surface area contributed by atoms with Gasteiger partial charge in [-0.05, 0) is 47.4 Å². The van der Waals surface area contributed by atoms with Crippen molar-refractivity contribution in [1.82, 2.24) is 0 Å². The average Bonchev–Trinajstić information content (AvgIpc) is 3.14. The summed E-state index contributed by atoms with van der Waals surface area (Å²) >= 11 is 1.61. The molecule has 110 valence electrons. The number of amides is 1. The van der Waals surface area contributed by atoms with Crippen LogP contribution in [0.2, 0.25) is 0 Å². The molecule has 0 aliphatic heterocycles. The second kappa shape index (κ2) is 5.37. The molecule has 0 spiro atoms. The first-order valence-electron chi connectivity index (χ1n) is 6.73. The lowest BCUT2D eigenvalue weighted by molar-refractivity contribution is 0.100. The Morgan fingerprint density at radius 1 is 1.43 bits per heavy atom. The number of carbonyl (C=O) groups is 1. The van der Waals surface area contributed by atoms with Crippen LogP contribution >= 0.6 is 11.3 Å². The number of thiophene rings is 1. The van der Waals surface area contributed by atoms with Gasteiger partial charge in [0.25, 0.3) is 5.91 Å². The Bertz CT molecular complexity index is 668. The summed E-state index contributed by atoms with van der Waals surface area (Å²) in [5.74, 6) is -1.06. The number of halogens is 1. The highest BCUT2D eigenvalue weighted by atomic mass is 32.1. The van der Waals surface area contributed by atoms with E-state index in [2.05, 4.69) is 0 Å². The van der Waals surface area contributed by atoms with Gasteiger partial charge >= 0.3 is 0 Å². The van der Waals surface area contributed by atoms with Crippen molar-refractivity contribution in [3.63, 3.8) is 0 Å². The molecule has 3 rings (SSSR count). The lowest BCUT2D eigenvalue weighted by Crippen LogP contribution is -2.26. The maximum atomic E-state index is 14.3. The molecular formula is C15H16FN3OS. The summed E-state index contributed by atoms with van der Waals surface area (Å²) in [5, 5.41) is 4.04. The van der Waals surface area contributed by atoms with Crippen molar-refractivity contribution < 1.29 is 9.18 Å². The lowest BCUT2D eigenvalue weighted by Gasteiger charge is -2.25. The minimum Gasteiger partial charge on any atom is -0.398 e. The molecule has 6 heteroatoms. The molecule has 0 bridgehead atoms. The van der Waals surface area contributed by atoms with Gasteiger partial charge in [-0.2, -0.15) is 11.3 Å². The number of hydrogen-bond donors (Lipinski definition) is 2. The van der Waals surface area contributed by atoms with Crippen LogP contribution < -0.4 is 16.4 Å². The van der Waals surface area contributed by atoms with Crippen LogP contribution in [0.15, 0.2) is 29.0 Å².